The van der Waals surface area contributed by atoms with Crippen LogP contribution in [0.1, 0.15) is 27.9 Å². The second-order valence-corrected chi connectivity index (χ2v) is 13.6. The number of carboxylic acid groups (broad SMARTS) is 1. The Labute approximate surface area is 419 Å². The van der Waals surface area contributed by atoms with E-state index in [0.29, 0.717) is 29.5 Å². The average Bonchev–Trinajstić information content (AvgIpc) is 4.24. The number of H-pyrrole nitrogens is 4. The van der Waals surface area contributed by atoms with Gasteiger partial charge < -0.3 is 66.0 Å². The van der Waals surface area contributed by atoms with Crippen molar-refractivity contribution in [2.45, 2.75) is 13.2 Å². The number of carbonyl (C=O) groups excluding carboxylic acids is 4. The number of imidazole rings is 6. The standard InChI is InChI=1S/C12H10N4O2.C11H8N4O2.C11H13N3O3.C7H7N3.C4H6O3.Li.2H2O/c1-18-11(17)10-6-13-7-16(10)12-14-8-4-2-3-5-9(8)15-12;16-10(17)9-5-12-6-15(9)11-13-7-3-1-2-4-8(7)14-11;1-16-9(10(15)17-2)14-11-12-7-5-3-4-6-8(7)13-11;8-7-9-5-3-1-2-4-6(5)10-7;1-2-7-4(6)3-5;;;/h2-7H,1H3,(H,14,15);1-6H,(H,13,14)(H,16,17);3-6,9H,1-2H3,(H2,12,13,14);1-4H,(H3,8,9,10);3H,2H2,1H3;;2*1H2/q;;;;;+1;;/p-1. The second kappa shape index (κ2) is 27.7. The number of hydrogen-bond donors (Lipinski definition) is 7. The number of aromatic nitrogens is 12. The largest absolute Gasteiger partial charge is 1.00 e. The fourth-order valence-corrected chi connectivity index (χ4v) is 6.06. The number of rotatable bonds is 10. The molecule has 0 aliphatic carbocycles. The fraction of sp³-hybridized carbons (Fsp3) is 0.133. The van der Waals surface area contributed by atoms with Crippen LogP contribution >= 0.6 is 0 Å². The molecule has 10 aromatic rings. The maximum Gasteiger partial charge on any atom is 1.00 e. The van der Waals surface area contributed by atoms with Crippen molar-refractivity contribution in [3.8, 4) is 11.9 Å². The van der Waals surface area contributed by atoms with Crippen LogP contribution in [0.5, 0.6) is 0 Å². The maximum atomic E-state index is 11.6. The van der Waals surface area contributed by atoms with E-state index in [9.17, 15) is 24.0 Å². The summed E-state index contributed by atoms with van der Waals surface area (Å²) in [6.07, 6.45) is 4.93. The van der Waals surface area contributed by atoms with Crippen LogP contribution in [-0.2, 0) is 33.3 Å². The van der Waals surface area contributed by atoms with Crippen molar-refractivity contribution in [1.29, 1.82) is 0 Å². The van der Waals surface area contributed by atoms with Crippen LogP contribution in [0.3, 0.4) is 0 Å². The van der Waals surface area contributed by atoms with E-state index in [2.05, 4.69) is 69.4 Å². The zero-order chi connectivity index (χ0) is 49.3. The van der Waals surface area contributed by atoms with Gasteiger partial charge in [0.2, 0.25) is 30.4 Å². The molecule has 0 aliphatic rings. The van der Waals surface area contributed by atoms with Crippen molar-refractivity contribution < 1.29 is 77.8 Å². The van der Waals surface area contributed by atoms with Crippen LogP contribution in [0, 0.1) is 0 Å². The van der Waals surface area contributed by atoms with Crippen molar-refractivity contribution in [2.75, 3.05) is 39.0 Å². The van der Waals surface area contributed by atoms with Gasteiger partial charge in [-0.25, -0.2) is 49.1 Å². The number of ether oxygens (including phenoxy) is 4. The van der Waals surface area contributed by atoms with E-state index in [0.717, 1.165) is 44.1 Å². The van der Waals surface area contributed by atoms with Gasteiger partial charge in [0.25, 0.3) is 0 Å². The van der Waals surface area contributed by atoms with Gasteiger partial charge in [-0.3, -0.25) is 13.9 Å². The first-order chi connectivity index (χ1) is 33.5. The molecule has 6 heterocycles. The van der Waals surface area contributed by atoms with Gasteiger partial charge in [0.1, 0.15) is 12.7 Å². The number of aldehydes is 1. The van der Waals surface area contributed by atoms with Gasteiger partial charge in [-0.2, -0.15) is 0 Å². The van der Waals surface area contributed by atoms with Crippen molar-refractivity contribution in [3.05, 3.63) is 133 Å². The smallest absolute Gasteiger partial charge is 0.870 e. The van der Waals surface area contributed by atoms with Gasteiger partial charge in [0, 0.05) is 7.11 Å². The van der Waals surface area contributed by atoms with E-state index in [1.165, 1.54) is 50.9 Å². The van der Waals surface area contributed by atoms with Crippen molar-refractivity contribution in [3.63, 3.8) is 0 Å². The number of nitrogens with one attached hydrogen (secondary N) is 5. The van der Waals surface area contributed by atoms with E-state index in [4.69, 9.17) is 15.6 Å². The fourth-order valence-electron chi connectivity index (χ4n) is 6.06. The number of nitrogens with zero attached hydrogens (tertiary/aromatic N) is 8. The number of benzene rings is 4. The molecule has 0 fully saturated rings. The molecule has 0 radical (unpaired) electrons. The van der Waals surface area contributed by atoms with Gasteiger partial charge in [0.05, 0.1) is 77.4 Å². The van der Waals surface area contributed by atoms with Crippen molar-refractivity contribution in [1.82, 2.24) is 59.0 Å². The Morgan fingerprint density at radius 3 is 1.53 bits per heavy atom. The number of esters is 3. The number of hydrogen-bond acceptors (Lipinski definition) is 18. The van der Waals surface area contributed by atoms with Crippen LogP contribution in [0.2, 0.25) is 0 Å². The minimum absolute atomic E-state index is 0. The molecular formula is C45H47LiN14O12. The molecule has 0 saturated carbocycles. The minimum Gasteiger partial charge on any atom is -0.870 e. The van der Waals surface area contributed by atoms with Crippen LogP contribution in [0.15, 0.2) is 122 Å². The summed E-state index contributed by atoms with van der Waals surface area (Å²) in [5, 5.41) is 11.8. The number of nitrogen functional groups attached to an aromatic ring is 1. The SMILES string of the molecule is CCOC(=O)C=O.COC(=O)C(Nc1nc2ccccc2[nH]1)OC.COC(=O)c1cncn1-c1nc2ccccc2[nH]1.Nc1nc2ccccc2[nH]1.O.O=C(O)c1cncn1-c1nc2ccccc2[nH]1.[Li+].[OH-]. The van der Waals surface area contributed by atoms with Gasteiger partial charge in [-0.05, 0) is 55.5 Å². The van der Waals surface area contributed by atoms with Gasteiger partial charge in [0.15, 0.2) is 17.3 Å². The molecule has 72 heavy (non-hydrogen) atoms. The third-order valence-electron chi connectivity index (χ3n) is 9.20. The Hall–Kier alpha value is -9.19. The first-order valence-corrected chi connectivity index (χ1v) is 20.4. The molecule has 0 amide bonds. The summed E-state index contributed by atoms with van der Waals surface area (Å²) in [6.45, 7) is 1.90. The molecule has 370 valence electrons. The number of aromatic carboxylic acids is 1. The number of nitrogens with two attached hydrogens (primary N) is 1. The van der Waals surface area contributed by atoms with E-state index < -0.39 is 30.1 Å². The summed E-state index contributed by atoms with van der Waals surface area (Å²) in [5.41, 5.74) is 12.8. The molecule has 0 saturated heterocycles. The maximum absolute atomic E-state index is 11.6. The van der Waals surface area contributed by atoms with E-state index in [-0.39, 0.29) is 48.4 Å². The van der Waals surface area contributed by atoms with Gasteiger partial charge in [-0.1, -0.05) is 48.5 Å². The summed E-state index contributed by atoms with van der Waals surface area (Å²) in [5.74, 6) is -0.883. The first kappa shape index (κ1) is 57.1. The predicted molar refractivity (Wildman–Crippen MR) is 256 cm³/mol. The third-order valence-corrected chi connectivity index (χ3v) is 9.20. The molecule has 6 aromatic heterocycles. The zero-order valence-corrected chi connectivity index (χ0v) is 39.1. The van der Waals surface area contributed by atoms with Crippen LogP contribution in [0.4, 0.5) is 11.9 Å². The molecule has 27 heteroatoms. The number of anilines is 2. The zero-order valence-electron chi connectivity index (χ0n) is 39.1. The predicted octanol–water partition coefficient (Wildman–Crippen LogP) is 0.998. The quantitative estimate of drug-likeness (QED) is 0.0251. The summed E-state index contributed by atoms with van der Waals surface area (Å²) < 4.78 is 21.4. The Morgan fingerprint density at radius 2 is 1.12 bits per heavy atom. The number of carbonyl (C=O) groups is 5. The first-order valence-electron chi connectivity index (χ1n) is 20.4. The Kier molecular flexibility index (Phi) is 22.0. The molecule has 26 nitrogen and oxygen atoms in total. The van der Waals surface area contributed by atoms with E-state index >= 15 is 0 Å². The molecule has 0 bridgehead atoms. The third kappa shape index (κ3) is 14.7. The Morgan fingerprint density at radius 1 is 0.681 bits per heavy atom. The Balaban J connectivity index is 0.000000243. The molecule has 1 atom stereocenters. The molecule has 4 aromatic carbocycles. The summed E-state index contributed by atoms with van der Waals surface area (Å²) >= 11 is 0. The molecule has 1 unspecified atom stereocenters. The van der Waals surface area contributed by atoms with E-state index in [1.807, 2.05) is 97.1 Å². The number of fused-ring (bicyclic) bond motifs is 4. The molecule has 10 rings (SSSR count). The summed E-state index contributed by atoms with van der Waals surface area (Å²) in [7, 11) is 4.05. The number of methoxy groups -OCH3 is 3. The second-order valence-electron chi connectivity index (χ2n) is 13.6. The average molecular weight is 983 g/mol. The number of aromatic amines is 4. The van der Waals surface area contributed by atoms with Crippen LogP contribution in [-0.4, -0.2) is 139 Å². The molecule has 11 N–H and O–H groups in total. The Bertz CT molecular complexity index is 3190. The van der Waals surface area contributed by atoms with Crippen LogP contribution in [0.25, 0.3) is 56.0 Å². The topological polar surface area (TPSA) is 392 Å². The van der Waals surface area contributed by atoms with Crippen LogP contribution < -0.4 is 29.9 Å². The molecule has 0 aliphatic heterocycles. The summed E-state index contributed by atoms with van der Waals surface area (Å²) in [4.78, 5) is 89.9. The minimum atomic E-state index is -1.04. The van der Waals surface area contributed by atoms with Crippen molar-refractivity contribution in [2.24, 2.45) is 0 Å². The molecule has 0 spiro atoms. The van der Waals surface area contributed by atoms with E-state index in [1.54, 1.807) is 11.5 Å². The van der Waals surface area contributed by atoms with Gasteiger partial charge in [-0.15, -0.1) is 0 Å². The number of carboxylic acids is 1. The molecular weight excluding hydrogens is 936 g/mol. The summed E-state index contributed by atoms with van der Waals surface area (Å²) in [6, 6.07) is 30.4. The van der Waals surface area contributed by atoms with Gasteiger partial charge >= 0.3 is 42.7 Å². The monoisotopic (exact) mass is 982 g/mol. The normalized spacial score (nSPS) is 10.3. The number of para-hydroxylation sites is 8. The van der Waals surface area contributed by atoms with Crippen molar-refractivity contribution >= 4 is 86.2 Å².